The van der Waals surface area contributed by atoms with Gasteiger partial charge < -0.3 is 30.7 Å². The molecular formula is C29H36BrN5O5. The minimum Gasteiger partial charge on any atom is -0.444 e. The van der Waals surface area contributed by atoms with Crippen LogP contribution in [0, 0.1) is 11.8 Å². The first kappa shape index (κ1) is 29.4. The van der Waals surface area contributed by atoms with E-state index in [1.54, 1.807) is 18.2 Å². The van der Waals surface area contributed by atoms with E-state index >= 15 is 0 Å². The largest absolute Gasteiger partial charge is 0.444 e. The topological polar surface area (TPSA) is 145 Å². The quantitative estimate of drug-likeness (QED) is 0.252. The number of imidazole rings is 1. The average Bonchev–Trinajstić information content (AvgIpc) is 3.27. The molecule has 1 heterocycles. The Morgan fingerprint density at radius 1 is 1.00 bits per heavy atom. The molecule has 40 heavy (non-hydrogen) atoms. The highest BCUT2D eigenvalue weighted by molar-refractivity contribution is 9.10. The monoisotopic (exact) mass is 613 g/mol. The van der Waals surface area contributed by atoms with Gasteiger partial charge in [0.1, 0.15) is 11.6 Å². The summed E-state index contributed by atoms with van der Waals surface area (Å²) in [5.74, 6) is -0.433. The molecular weight excluding hydrogens is 578 g/mol. The van der Waals surface area contributed by atoms with Crippen LogP contribution in [0.5, 0.6) is 0 Å². The van der Waals surface area contributed by atoms with Gasteiger partial charge in [0, 0.05) is 29.0 Å². The summed E-state index contributed by atoms with van der Waals surface area (Å²) in [5.41, 5.74) is 1.77. The van der Waals surface area contributed by atoms with Gasteiger partial charge in [-0.3, -0.25) is 9.59 Å². The number of aromatic amines is 2. The van der Waals surface area contributed by atoms with Gasteiger partial charge in [-0.15, -0.1) is 0 Å². The smallest absolute Gasteiger partial charge is 0.407 e. The van der Waals surface area contributed by atoms with Gasteiger partial charge in [0.05, 0.1) is 11.0 Å². The van der Waals surface area contributed by atoms with Gasteiger partial charge in [0.2, 0.25) is 11.8 Å². The minimum absolute atomic E-state index is 0.152. The molecule has 1 aromatic heterocycles. The fraction of sp³-hybridized carbons (Fsp3) is 0.448. The fourth-order valence-corrected chi connectivity index (χ4v) is 5.13. The number of nitrogens with one attached hydrogen (secondary N) is 5. The molecule has 1 saturated carbocycles. The maximum atomic E-state index is 13.4. The number of fused-ring (bicyclic) bond motifs is 1. The van der Waals surface area contributed by atoms with E-state index in [0.717, 1.165) is 22.9 Å². The first-order valence-electron chi connectivity index (χ1n) is 13.5. The van der Waals surface area contributed by atoms with Crippen molar-refractivity contribution in [1.29, 1.82) is 0 Å². The van der Waals surface area contributed by atoms with E-state index in [1.807, 2.05) is 45.0 Å². The highest BCUT2D eigenvalue weighted by Gasteiger charge is 2.30. The van der Waals surface area contributed by atoms with Crippen LogP contribution >= 0.6 is 15.9 Å². The number of amides is 3. The highest BCUT2D eigenvalue weighted by atomic mass is 79.9. The van der Waals surface area contributed by atoms with E-state index in [9.17, 15) is 19.2 Å². The number of H-pyrrole nitrogens is 2. The predicted molar refractivity (Wildman–Crippen MR) is 157 cm³/mol. The number of hydrogen-bond donors (Lipinski definition) is 5. The van der Waals surface area contributed by atoms with Crippen molar-refractivity contribution in [2.24, 2.45) is 11.8 Å². The zero-order valence-corrected chi connectivity index (χ0v) is 24.5. The van der Waals surface area contributed by atoms with Gasteiger partial charge >= 0.3 is 11.8 Å². The first-order chi connectivity index (χ1) is 18.9. The third kappa shape index (κ3) is 8.45. The number of carbonyl (C=O) groups excluding carboxylic acids is 3. The lowest BCUT2D eigenvalue weighted by Crippen LogP contribution is -2.48. The number of ether oxygens (including phenoxy) is 1. The first-order valence-corrected chi connectivity index (χ1v) is 14.3. The minimum atomic E-state index is -0.791. The third-order valence-electron chi connectivity index (χ3n) is 6.92. The van der Waals surface area contributed by atoms with Crippen molar-refractivity contribution in [3.63, 3.8) is 0 Å². The Kier molecular flexibility index (Phi) is 9.34. The van der Waals surface area contributed by atoms with Crippen LogP contribution in [0.3, 0.4) is 0 Å². The van der Waals surface area contributed by atoms with E-state index in [2.05, 4.69) is 41.8 Å². The second-order valence-electron chi connectivity index (χ2n) is 11.3. The molecule has 1 aliphatic rings. The maximum absolute atomic E-state index is 13.4. The molecule has 0 spiro atoms. The number of benzene rings is 2. The van der Waals surface area contributed by atoms with Gasteiger partial charge in [-0.1, -0.05) is 28.1 Å². The van der Waals surface area contributed by atoms with Crippen molar-refractivity contribution in [3.05, 3.63) is 63.0 Å². The Balaban J connectivity index is 1.36. The van der Waals surface area contributed by atoms with Crippen molar-refractivity contribution in [2.75, 3.05) is 11.9 Å². The molecule has 5 N–H and O–H groups in total. The Labute approximate surface area is 241 Å². The van der Waals surface area contributed by atoms with Crippen molar-refractivity contribution in [1.82, 2.24) is 20.6 Å². The van der Waals surface area contributed by atoms with Crippen LogP contribution in [0.2, 0.25) is 0 Å². The van der Waals surface area contributed by atoms with E-state index in [0.29, 0.717) is 42.5 Å². The number of halogens is 1. The van der Waals surface area contributed by atoms with Crippen molar-refractivity contribution < 1.29 is 19.1 Å². The summed E-state index contributed by atoms with van der Waals surface area (Å²) >= 11 is 3.43. The van der Waals surface area contributed by atoms with Gasteiger partial charge in [0.15, 0.2) is 0 Å². The predicted octanol–water partition coefficient (Wildman–Crippen LogP) is 4.62. The zero-order valence-electron chi connectivity index (χ0n) is 22.9. The Morgan fingerprint density at radius 3 is 2.35 bits per heavy atom. The number of rotatable bonds is 8. The number of aromatic nitrogens is 2. The standard InChI is InChI=1S/C29H36BrN5O5/c1-29(2,3)40-28(39)31-16-18-4-8-19(9-5-18)25(36)33-24(14-17-6-10-20(30)11-7-17)26(37)32-21-12-13-22-23(15-21)35-27(38)34-22/h6-7,10-13,15,18-19,24H,4-5,8-9,14,16H2,1-3H3,(H,31,39)(H,32,37)(H,33,36)(H2,34,35,38). The number of alkyl carbamates (subject to hydrolysis) is 1. The molecule has 3 aromatic rings. The molecule has 0 saturated heterocycles. The normalized spacial score (nSPS) is 18.1. The van der Waals surface area contributed by atoms with Gasteiger partial charge in [-0.05, 0) is 88.3 Å². The van der Waals surface area contributed by atoms with Crippen LogP contribution in [-0.2, 0) is 20.7 Å². The third-order valence-corrected chi connectivity index (χ3v) is 7.45. The van der Waals surface area contributed by atoms with E-state index in [1.165, 1.54) is 0 Å². The second kappa shape index (κ2) is 12.7. The maximum Gasteiger partial charge on any atom is 0.407 e. The zero-order chi connectivity index (χ0) is 28.9. The Bertz CT molecular complexity index is 1400. The molecule has 1 fully saturated rings. The lowest BCUT2D eigenvalue weighted by Gasteiger charge is -2.29. The molecule has 1 unspecified atom stereocenters. The van der Waals surface area contributed by atoms with E-state index in [4.69, 9.17) is 4.74 Å². The van der Waals surface area contributed by atoms with Crippen LogP contribution in [0.15, 0.2) is 51.7 Å². The van der Waals surface area contributed by atoms with Crippen LogP contribution in [0.1, 0.15) is 52.0 Å². The number of anilines is 1. The lowest BCUT2D eigenvalue weighted by molar-refractivity contribution is -0.130. The Morgan fingerprint density at radius 2 is 1.68 bits per heavy atom. The molecule has 0 bridgehead atoms. The molecule has 1 atom stereocenters. The molecule has 11 heteroatoms. The summed E-state index contributed by atoms with van der Waals surface area (Å²) < 4.78 is 6.23. The van der Waals surface area contributed by atoms with Gasteiger partial charge in [-0.25, -0.2) is 9.59 Å². The van der Waals surface area contributed by atoms with E-state index in [-0.39, 0.29) is 29.3 Å². The second-order valence-corrected chi connectivity index (χ2v) is 12.2. The molecule has 2 aromatic carbocycles. The highest BCUT2D eigenvalue weighted by Crippen LogP contribution is 2.29. The van der Waals surface area contributed by atoms with Crippen LogP contribution < -0.4 is 21.6 Å². The molecule has 10 nitrogen and oxygen atoms in total. The fourth-order valence-electron chi connectivity index (χ4n) is 4.87. The molecule has 0 radical (unpaired) electrons. The SMILES string of the molecule is CC(C)(C)OC(=O)NCC1CCC(C(=O)NC(Cc2ccc(Br)cc2)C(=O)Nc2ccc3[nH]c(=O)[nH]c3c2)CC1. The molecule has 1 aliphatic carbocycles. The van der Waals surface area contributed by atoms with Crippen LogP contribution in [-0.4, -0.2) is 46.1 Å². The molecule has 4 rings (SSSR count). The lowest BCUT2D eigenvalue weighted by atomic mass is 9.81. The number of hydrogen-bond acceptors (Lipinski definition) is 5. The summed E-state index contributed by atoms with van der Waals surface area (Å²) in [6.07, 6.45) is 2.84. The van der Waals surface area contributed by atoms with Crippen LogP contribution in [0.4, 0.5) is 10.5 Å². The van der Waals surface area contributed by atoms with Gasteiger partial charge in [-0.2, -0.15) is 0 Å². The average molecular weight is 615 g/mol. The van der Waals surface area contributed by atoms with Crippen molar-refractivity contribution in [2.45, 2.75) is 64.5 Å². The molecule has 0 aliphatic heterocycles. The van der Waals surface area contributed by atoms with Crippen molar-refractivity contribution >= 4 is 50.6 Å². The molecule has 3 amide bonds. The Hall–Kier alpha value is -3.60. The van der Waals surface area contributed by atoms with E-state index < -0.39 is 17.7 Å². The van der Waals surface area contributed by atoms with Crippen LogP contribution in [0.25, 0.3) is 11.0 Å². The molecule has 214 valence electrons. The summed E-state index contributed by atoms with van der Waals surface area (Å²) in [4.78, 5) is 55.6. The summed E-state index contributed by atoms with van der Waals surface area (Å²) in [5, 5.41) is 8.70. The van der Waals surface area contributed by atoms with Crippen molar-refractivity contribution in [3.8, 4) is 0 Å². The van der Waals surface area contributed by atoms with Gasteiger partial charge in [0.25, 0.3) is 0 Å². The summed E-state index contributed by atoms with van der Waals surface area (Å²) in [7, 11) is 0. The summed E-state index contributed by atoms with van der Waals surface area (Å²) in [6.45, 7) is 5.98. The summed E-state index contributed by atoms with van der Waals surface area (Å²) in [6, 6.07) is 11.9. The number of carbonyl (C=O) groups is 3.